The van der Waals surface area contributed by atoms with Crippen molar-refractivity contribution in [3.63, 3.8) is 0 Å². The lowest BCUT2D eigenvalue weighted by Crippen LogP contribution is -2.41. The molecule has 2 atom stereocenters. The van der Waals surface area contributed by atoms with E-state index in [1.54, 1.807) is 0 Å². The van der Waals surface area contributed by atoms with Gasteiger partial charge in [0.25, 0.3) is 0 Å². The molecular formula is C15H24N2O2S. The number of sulfone groups is 1. The van der Waals surface area contributed by atoms with Gasteiger partial charge in [0.2, 0.25) is 0 Å². The molecular weight excluding hydrogens is 272 g/mol. The third-order valence-electron chi connectivity index (χ3n) is 3.90. The Labute approximate surface area is 121 Å². The minimum Gasteiger partial charge on any atom is -0.326 e. The van der Waals surface area contributed by atoms with Gasteiger partial charge in [0, 0.05) is 18.6 Å². The smallest absolute Gasteiger partial charge is 0.151 e. The van der Waals surface area contributed by atoms with Gasteiger partial charge >= 0.3 is 0 Å². The predicted molar refractivity (Wildman–Crippen MR) is 82.4 cm³/mol. The molecule has 20 heavy (non-hydrogen) atoms. The molecule has 1 aromatic carbocycles. The lowest BCUT2D eigenvalue weighted by Gasteiger charge is -2.33. The summed E-state index contributed by atoms with van der Waals surface area (Å²) in [4.78, 5) is 2.22. The van der Waals surface area contributed by atoms with E-state index in [1.165, 1.54) is 11.1 Å². The van der Waals surface area contributed by atoms with Gasteiger partial charge in [0.05, 0.1) is 11.5 Å². The van der Waals surface area contributed by atoms with Gasteiger partial charge < -0.3 is 5.73 Å². The molecule has 2 unspecified atom stereocenters. The highest BCUT2D eigenvalue weighted by Gasteiger charge is 2.27. The van der Waals surface area contributed by atoms with E-state index in [0.717, 1.165) is 6.54 Å². The van der Waals surface area contributed by atoms with E-state index < -0.39 is 9.84 Å². The molecule has 5 heteroatoms. The second-order valence-corrected chi connectivity index (χ2v) is 8.06. The van der Waals surface area contributed by atoms with Crippen LogP contribution in [0.15, 0.2) is 24.3 Å². The van der Waals surface area contributed by atoms with Crippen LogP contribution in [0, 0.1) is 6.92 Å². The highest BCUT2D eigenvalue weighted by Crippen LogP contribution is 2.25. The SMILES string of the molecule is Cc1ccc(C(C(C)N)N2CCCS(=O)(=O)CC2)cc1. The Morgan fingerprint density at radius 2 is 1.80 bits per heavy atom. The molecule has 2 rings (SSSR count). The molecule has 1 aromatic rings. The molecule has 1 saturated heterocycles. The fourth-order valence-corrected chi connectivity index (χ4v) is 4.13. The molecule has 1 fully saturated rings. The van der Waals surface area contributed by atoms with Crippen LogP contribution >= 0.6 is 0 Å². The van der Waals surface area contributed by atoms with E-state index in [-0.39, 0.29) is 17.8 Å². The molecule has 0 radical (unpaired) electrons. The van der Waals surface area contributed by atoms with Crippen LogP contribution < -0.4 is 5.73 Å². The number of hydrogen-bond acceptors (Lipinski definition) is 4. The number of nitrogens with zero attached hydrogens (tertiary/aromatic N) is 1. The van der Waals surface area contributed by atoms with Crippen molar-refractivity contribution in [2.24, 2.45) is 5.73 Å². The number of aryl methyl sites for hydroxylation is 1. The van der Waals surface area contributed by atoms with Crippen LogP contribution in [0.2, 0.25) is 0 Å². The molecule has 4 nitrogen and oxygen atoms in total. The maximum absolute atomic E-state index is 11.7. The quantitative estimate of drug-likeness (QED) is 0.918. The van der Waals surface area contributed by atoms with Crippen LogP contribution in [-0.2, 0) is 9.84 Å². The predicted octanol–water partition coefficient (Wildman–Crippen LogP) is 1.50. The molecule has 1 aliphatic rings. The van der Waals surface area contributed by atoms with E-state index in [2.05, 4.69) is 36.1 Å². The zero-order valence-electron chi connectivity index (χ0n) is 12.2. The monoisotopic (exact) mass is 296 g/mol. The Morgan fingerprint density at radius 1 is 1.15 bits per heavy atom. The first kappa shape index (κ1) is 15.5. The maximum atomic E-state index is 11.7. The van der Waals surface area contributed by atoms with Crippen molar-refractivity contribution >= 4 is 9.84 Å². The van der Waals surface area contributed by atoms with Gasteiger partial charge in [-0.2, -0.15) is 0 Å². The van der Waals surface area contributed by atoms with Crippen LogP contribution in [-0.4, -0.2) is 44.0 Å². The molecule has 0 amide bonds. The molecule has 0 aromatic heterocycles. The first-order valence-electron chi connectivity index (χ1n) is 7.16. The van der Waals surface area contributed by atoms with Crippen molar-refractivity contribution in [1.29, 1.82) is 0 Å². The largest absolute Gasteiger partial charge is 0.326 e. The van der Waals surface area contributed by atoms with E-state index in [4.69, 9.17) is 5.73 Å². The first-order chi connectivity index (χ1) is 9.39. The molecule has 0 spiro atoms. The highest BCUT2D eigenvalue weighted by atomic mass is 32.2. The number of rotatable bonds is 3. The van der Waals surface area contributed by atoms with Gasteiger partial charge in [-0.3, -0.25) is 4.90 Å². The summed E-state index contributed by atoms with van der Waals surface area (Å²) >= 11 is 0. The molecule has 1 aliphatic heterocycles. The number of nitrogens with two attached hydrogens (primary N) is 1. The van der Waals surface area contributed by atoms with Gasteiger partial charge in [-0.05, 0) is 32.4 Å². The van der Waals surface area contributed by atoms with Crippen molar-refractivity contribution in [3.05, 3.63) is 35.4 Å². The third kappa shape index (κ3) is 3.81. The minimum atomic E-state index is -2.88. The average Bonchev–Trinajstić information content (AvgIpc) is 2.53. The fraction of sp³-hybridized carbons (Fsp3) is 0.600. The summed E-state index contributed by atoms with van der Waals surface area (Å²) in [5.74, 6) is 0.533. The van der Waals surface area contributed by atoms with Gasteiger partial charge in [-0.15, -0.1) is 0 Å². The van der Waals surface area contributed by atoms with Crippen LogP contribution in [0.3, 0.4) is 0 Å². The minimum absolute atomic E-state index is 0.0292. The van der Waals surface area contributed by atoms with Gasteiger partial charge in [-0.25, -0.2) is 8.42 Å². The van der Waals surface area contributed by atoms with Crippen molar-refractivity contribution in [1.82, 2.24) is 4.90 Å². The van der Waals surface area contributed by atoms with Crippen LogP contribution in [0.4, 0.5) is 0 Å². The standard InChI is InChI=1S/C15H24N2O2S/c1-12-4-6-14(7-5-12)15(13(2)16)17-8-3-10-20(18,19)11-9-17/h4-7,13,15H,3,8-11,16H2,1-2H3. The van der Waals surface area contributed by atoms with Gasteiger partial charge in [0.15, 0.2) is 9.84 Å². The van der Waals surface area contributed by atoms with E-state index in [9.17, 15) is 8.42 Å². The van der Waals surface area contributed by atoms with E-state index in [1.807, 2.05) is 6.92 Å². The zero-order valence-corrected chi connectivity index (χ0v) is 13.1. The molecule has 0 saturated carbocycles. The van der Waals surface area contributed by atoms with Crippen LogP contribution in [0.25, 0.3) is 0 Å². The topological polar surface area (TPSA) is 63.4 Å². The summed E-state index contributed by atoms with van der Waals surface area (Å²) in [7, 11) is -2.88. The van der Waals surface area contributed by atoms with Crippen molar-refractivity contribution in [3.8, 4) is 0 Å². The average molecular weight is 296 g/mol. The normalized spacial score (nSPS) is 22.9. The summed E-state index contributed by atoms with van der Waals surface area (Å²) in [6.07, 6.45) is 0.692. The number of benzene rings is 1. The van der Waals surface area contributed by atoms with Crippen LogP contribution in [0.5, 0.6) is 0 Å². The summed E-state index contributed by atoms with van der Waals surface area (Å²) in [5, 5.41) is 0. The molecule has 0 bridgehead atoms. The van der Waals surface area contributed by atoms with Gasteiger partial charge in [0.1, 0.15) is 0 Å². The Kier molecular flexibility index (Phi) is 4.83. The Morgan fingerprint density at radius 3 is 2.40 bits per heavy atom. The van der Waals surface area contributed by atoms with E-state index >= 15 is 0 Å². The van der Waals surface area contributed by atoms with Crippen LogP contribution in [0.1, 0.15) is 30.5 Å². The lowest BCUT2D eigenvalue weighted by atomic mass is 9.98. The molecule has 1 heterocycles. The Balaban J connectivity index is 2.22. The molecule has 0 aliphatic carbocycles. The number of hydrogen-bond donors (Lipinski definition) is 1. The summed E-state index contributed by atoms with van der Waals surface area (Å²) in [5.41, 5.74) is 8.55. The zero-order chi connectivity index (χ0) is 14.8. The summed E-state index contributed by atoms with van der Waals surface area (Å²) in [6.45, 7) is 5.41. The first-order valence-corrected chi connectivity index (χ1v) is 8.98. The Hall–Kier alpha value is -0.910. The highest BCUT2D eigenvalue weighted by molar-refractivity contribution is 7.91. The molecule has 112 valence electrons. The van der Waals surface area contributed by atoms with Gasteiger partial charge in [-0.1, -0.05) is 29.8 Å². The third-order valence-corrected chi connectivity index (χ3v) is 5.62. The molecule has 2 N–H and O–H groups in total. The second kappa shape index (κ2) is 6.24. The van der Waals surface area contributed by atoms with Crippen molar-refractivity contribution in [2.45, 2.75) is 32.4 Å². The lowest BCUT2D eigenvalue weighted by molar-refractivity contribution is 0.190. The second-order valence-electron chi connectivity index (χ2n) is 5.76. The fourth-order valence-electron chi connectivity index (χ4n) is 2.85. The van der Waals surface area contributed by atoms with Crippen molar-refractivity contribution < 1.29 is 8.42 Å². The Bertz CT molecular complexity index is 537. The van der Waals surface area contributed by atoms with Crippen molar-refractivity contribution in [2.75, 3.05) is 24.6 Å². The summed E-state index contributed by atoms with van der Waals surface area (Å²) < 4.78 is 23.5. The summed E-state index contributed by atoms with van der Waals surface area (Å²) in [6, 6.07) is 8.42. The van der Waals surface area contributed by atoms with E-state index in [0.29, 0.717) is 18.7 Å². The maximum Gasteiger partial charge on any atom is 0.151 e.